The van der Waals surface area contributed by atoms with E-state index in [9.17, 15) is 14.4 Å². The van der Waals surface area contributed by atoms with E-state index in [0.29, 0.717) is 42.7 Å². The average Bonchev–Trinajstić information content (AvgIpc) is 3.64. The van der Waals surface area contributed by atoms with Gasteiger partial charge in [0.05, 0.1) is 40.1 Å². The lowest BCUT2D eigenvalue weighted by atomic mass is 9.93. The SMILES string of the molecule is CCOC(=O)C1=C(c2ccccc2)N=c2s/c(=C/c3ccc(-c4ccc(C(=O)OC(C)C)cc4C)o3)c(=O)n2[C@H]1c1ccc(Cl)cc1. The molecule has 6 rings (SSSR count). The van der Waals surface area contributed by atoms with E-state index in [1.807, 2.05) is 49.4 Å². The minimum absolute atomic E-state index is 0.160. The summed E-state index contributed by atoms with van der Waals surface area (Å²) in [5.74, 6) is 0.103. The molecular formula is C37H31ClN2O6S. The van der Waals surface area contributed by atoms with Crippen molar-refractivity contribution < 1.29 is 23.5 Å². The van der Waals surface area contributed by atoms with Gasteiger partial charge in [-0.25, -0.2) is 14.6 Å². The molecule has 0 bridgehead atoms. The molecule has 5 aromatic rings. The molecule has 3 aromatic carbocycles. The van der Waals surface area contributed by atoms with Crippen molar-refractivity contribution in [3.63, 3.8) is 0 Å². The molecule has 3 heterocycles. The Bertz CT molecular complexity index is 2190. The van der Waals surface area contributed by atoms with Crippen LogP contribution in [0.15, 0.2) is 105 Å². The molecule has 0 fully saturated rings. The monoisotopic (exact) mass is 666 g/mol. The third-order valence-electron chi connectivity index (χ3n) is 7.53. The van der Waals surface area contributed by atoms with Crippen LogP contribution in [-0.2, 0) is 14.3 Å². The number of halogens is 1. The van der Waals surface area contributed by atoms with Gasteiger partial charge in [0.15, 0.2) is 4.80 Å². The average molecular weight is 667 g/mol. The second kappa shape index (κ2) is 13.4. The number of carbonyl (C=O) groups is 2. The topological polar surface area (TPSA) is 100 Å². The molecule has 0 amide bonds. The van der Waals surface area contributed by atoms with Crippen molar-refractivity contribution in [3.8, 4) is 11.3 Å². The van der Waals surface area contributed by atoms with Gasteiger partial charge in [0.2, 0.25) is 0 Å². The van der Waals surface area contributed by atoms with Crippen molar-refractivity contribution in [1.82, 2.24) is 4.57 Å². The summed E-state index contributed by atoms with van der Waals surface area (Å²) in [4.78, 5) is 45.4. The smallest absolute Gasteiger partial charge is 0.338 e. The van der Waals surface area contributed by atoms with Crippen LogP contribution in [0.1, 0.15) is 59.6 Å². The van der Waals surface area contributed by atoms with Crippen LogP contribution >= 0.6 is 22.9 Å². The number of aryl methyl sites for hydroxylation is 1. The molecule has 10 heteroatoms. The van der Waals surface area contributed by atoms with Gasteiger partial charge in [-0.1, -0.05) is 71.5 Å². The highest BCUT2D eigenvalue weighted by molar-refractivity contribution is 7.07. The largest absolute Gasteiger partial charge is 0.463 e. The van der Waals surface area contributed by atoms with Crippen molar-refractivity contribution in [3.05, 3.63) is 143 Å². The highest BCUT2D eigenvalue weighted by Gasteiger charge is 2.35. The first-order chi connectivity index (χ1) is 22.6. The molecule has 8 nitrogen and oxygen atoms in total. The molecule has 1 aliphatic rings. The zero-order chi connectivity index (χ0) is 33.2. The Kier molecular flexibility index (Phi) is 9.11. The van der Waals surface area contributed by atoms with E-state index in [1.54, 1.807) is 69.3 Å². The number of esters is 2. The van der Waals surface area contributed by atoms with Gasteiger partial charge in [-0.15, -0.1) is 0 Å². The number of hydrogen-bond acceptors (Lipinski definition) is 8. The van der Waals surface area contributed by atoms with E-state index < -0.39 is 12.0 Å². The molecule has 0 unspecified atom stereocenters. The van der Waals surface area contributed by atoms with Gasteiger partial charge in [-0.05, 0) is 75.2 Å². The minimum Gasteiger partial charge on any atom is -0.463 e. The normalized spacial score (nSPS) is 14.6. The quantitative estimate of drug-likeness (QED) is 0.171. The first kappa shape index (κ1) is 32.0. The summed E-state index contributed by atoms with van der Waals surface area (Å²) in [6, 6.07) is 24.5. The first-order valence-corrected chi connectivity index (χ1v) is 16.3. The van der Waals surface area contributed by atoms with Crippen molar-refractivity contribution in [1.29, 1.82) is 0 Å². The van der Waals surface area contributed by atoms with E-state index in [1.165, 1.54) is 15.9 Å². The summed E-state index contributed by atoms with van der Waals surface area (Å²) < 4.78 is 18.9. The standard InChI is InChI=1S/C37H31ClN2O6S/c1-5-44-36(43)31-32(23-9-7-6-8-10-23)39-37-40(33(31)24-11-14-26(38)15-12-24)34(41)30(47-37)20-27-16-18-29(46-27)28-17-13-25(19-22(28)4)35(42)45-21(2)3/h6-21,33H,5H2,1-4H3/b30-20+/t33-/m0/s1. The molecule has 0 saturated carbocycles. The molecule has 0 aliphatic carbocycles. The van der Waals surface area contributed by atoms with E-state index in [2.05, 4.69) is 0 Å². The minimum atomic E-state index is -0.810. The molecule has 0 spiro atoms. The molecular weight excluding hydrogens is 636 g/mol. The highest BCUT2D eigenvalue weighted by atomic mass is 35.5. The second-order valence-electron chi connectivity index (χ2n) is 11.2. The Labute approximate surface area is 279 Å². The number of aromatic nitrogens is 1. The third-order valence-corrected chi connectivity index (χ3v) is 8.76. The number of benzene rings is 3. The molecule has 0 radical (unpaired) electrons. The van der Waals surface area contributed by atoms with Crippen LogP contribution in [0.5, 0.6) is 0 Å². The van der Waals surface area contributed by atoms with Crippen molar-refractivity contribution in [2.24, 2.45) is 4.99 Å². The van der Waals surface area contributed by atoms with Crippen molar-refractivity contribution in [2.45, 2.75) is 39.8 Å². The molecule has 47 heavy (non-hydrogen) atoms. The van der Waals surface area contributed by atoms with Crippen LogP contribution in [0.25, 0.3) is 23.1 Å². The number of rotatable bonds is 8. The molecule has 1 atom stereocenters. The Hall–Kier alpha value is -4.99. The summed E-state index contributed by atoms with van der Waals surface area (Å²) in [5.41, 5.74) is 3.88. The third kappa shape index (κ3) is 6.50. The molecule has 1 aliphatic heterocycles. The Morgan fingerprint density at radius 1 is 1.02 bits per heavy atom. The van der Waals surface area contributed by atoms with Gasteiger partial charge in [0.25, 0.3) is 5.56 Å². The highest BCUT2D eigenvalue weighted by Crippen LogP contribution is 2.35. The lowest BCUT2D eigenvalue weighted by Crippen LogP contribution is -2.39. The maximum atomic E-state index is 14.1. The Balaban J connectivity index is 1.46. The van der Waals surface area contributed by atoms with E-state index >= 15 is 0 Å². The maximum Gasteiger partial charge on any atom is 0.338 e. The fraction of sp³-hybridized carbons (Fsp3) is 0.189. The van der Waals surface area contributed by atoms with Crippen LogP contribution in [0, 0.1) is 6.92 Å². The lowest BCUT2D eigenvalue weighted by Gasteiger charge is -2.25. The van der Waals surface area contributed by atoms with Gasteiger partial charge in [-0.3, -0.25) is 9.36 Å². The zero-order valence-corrected chi connectivity index (χ0v) is 27.7. The molecule has 238 valence electrons. The Morgan fingerprint density at radius 3 is 2.45 bits per heavy atom. The number of ether oxygens (including phenoxy) is 2. The van der Waals surface area contributed by atoms with Crippen LogP contribution in [0.3, 0.4) is 0 Å². The number of thiazole rings is 1. The van der Waals surface area contributed by atoms with Crippen LogP contribution in [-0.4, -0.2) is 29.2 Å². The molecule has 0 saturated heterocycles. The van der Waals surface area contributed by atoms with Crippen molar-refractivity contribution in [2.75, 3.05) is 6.61 Å². The van der Waals surface area contributed by atoms with E-state index in [-0.39, 0.29) is 29.8 Å². The summed E-state index contributed by atoms with van der Waals surface area (Å²) in [6.07, 6.45) is 1.45. The summed E-state index contributed by atoms with van der Waals surface area (Å²) >= 11 is 7.43. The molecule has 0 N–H and O–H groups in total. The number of furan rings is 1. The number of fused-ring (bicyclic) bond motifs is 1. The van der Waals surface area contributed by atoms with Gasteiger partial charge < -0.3 is 13.9 Å². The summed E-state index contributed by atoms with van der Waals surface area (Å²) in [6.45, 7) is 7.40. The zero-order valence-electron chi connectivity index (χ0n) is 26.2. The van der Waals surface area contributed by atoms with Crippen LogP contribution in [0.2, 0.25) is 5.02 Å². The fourth-order valence-electron chi connectivity index (χ4n) is 5.45. The van der Waals surface area contributed by atoms with Crippen LogP contribution < -0.4 is 14.9 Å². The number of hydrogen-bond donors (Lipinski definition) is 0. The predicted octanol–water partition coefficient (Wildman–Crippen LogP) is 6.72. The Morgan fingerprint density at radius 2 is 1.77 bits per heavy atom. The van der Waals surface area contributed by atoms with Gasteiger partial charge >= 0.3 is 11.9 Å². The van der Waals surface area contributed by atoms with Crippen molar-refractivity contribution >= 4 is 46.6 Å². The lowest BCUT2D eigenvalue weighted by molar-refractivity contribution is -0.138. The van der Waals surface area contributed by atoms with E-state index in [4.69, 9.17) is 30.5 Å². The number of nitrogens with zero attached hydrogens (tertiary/aromatic N) is 2. The summed E-state index contributed by atoms with van der Waals surface area (Å²) in [5, 5.41) is 0.528. The predicted molar refractivity (Wildman–Crippen MR) is 182 cm³/mol. The first-order valence-electron chi connectivity index (χ1n) is 15.1. The number of carbonyl (C=O) groups excluding carboxylic acids is 2. The fourth-order valence-corrected chi connectivity index (χ4v) is 6.56. The maximum absolute atomic E-state index is 14.1. The van der Waals surface area contributed by atoms with Gasteiger partial charge in [0.1, 0.15) is 11.5 Å². The second-order valence-corrected chi connectivity index (χ2v) is 12.6. The van der Waals surface area contributed by atoms with Crippen LogP contribution in [0.4, 0.5) is 0 Å². The summed E-state index contributed by atoms with van der Waals surface area (Å²) in [7, 11) is 0. The van der Waals surface area contributed by atoms with Gasteiger partial charge in [0, 0.05) is 22.2 Å². The van der Waals surface area contributed by atoms with Gasteiger partial charge in [-0.2, -0.15) is 0 Å². The molecule has 2 aromatic heterocycles. The van der Waals surface area contributed by atoms with E-state index in [0.717, 1.165) is 16.7 Å².